The van der Waals surface area contributed by atoms with Crippen LogP contribution in [0, 0.1) is 13.8 Å². The molecule has 0 spiro atoms. The van der Waals surface area contributed by atoms with E-state index in [9.17, 15) is 4.79 Å². The number of benzene rings is 1. The van der Waals surface area contributed by atoms with Gasteiger partial charge in [-0.3, -0.25) is 14.4 Å². The van der Waals surface area contributed by atoms with Gasteiger partial charge in [0.05, 0.1) is 12.2 Å². The van der Waals surface area contributed by atoms with Gasteiger partial charge >= 0.3 is 0 Å². The normalized spacial score (nSPS) is 10.8. The molecule has 0 fully saturated rings. The molecule has 26 heavy (non-hydrogen) atoms. The number of pyridine rings is 1. The third-order valence-corrected chi connectivity index (χ3v) is 4.63. The number of amides is 1. The number of hydrogen-bond acceptors (Lipinski definition) is 3. The van der Waals surface area contributed by atoms with Gasteiger partial charge in [0.15, 0.2) is 0 Å². The molecule has 0 radical (unpaired) electrons. The maximum Gasteiger partial charge on any atom is 0.259 e. The number of carbonyl (C=O) groups excluding carboxylic acids is 1. The first kappa shape index (κ1) is 18.3. The predicted octanol–water partition coefficient (Wildman–Crippen LogP) is 4.37. The Balaban J connectivity index is 1.85. The van der Waals surface area contributed by atoms with Crippen LogP contribution < -0.4 is 4.90 Å². The summed E-state index contributed by atoms with van der Waals surface area (Å²) in [6.07, 6.45) is 1.70. The van der Waals surface area contributed by atoms with Crippen LogP contribution in [-0.2, 0) is 6.54 Å². The van der Waals surface area contributed by atoms with E-state index in [4.69, 9.17) is 0 Å². The van der Waals surface area contributed by atoms with Gasteiger partial charge in [-0.1, -0.05) is 12.1 Å². The van der Waals surface area contributed by atoms with Crippen LogP contribution in [0.1, 0.15) is 34.2 Å². The summed E-state index contributed by atoms with van der Waals surface area (Å²) in [5.74, 6) is 0.585. The fourth-order valence-corrected chi connectivity index (χ4v) is 3.14. The first-order valence-corrected chi connectivity index (χ1v) is 9.30. The van der Waals surface area contributed by atoms with Gasteiger partial charge < -0.3 is 0 Å². The lowest BCUT2D eigenvalue weighted by Gasteiger charge is -2.20. The largest absolute Gasteiger partial charge is 0.293 e. The van der Waals surface area contributed by atoms with Crippen LogP contribution >= 0.6 is 15.9 Å². The Morgan fingerprint density at radius 3 is 2.62 bits per heavy atom. The number of aryl methyl sites for hydroxylation is 2. The minimum Gasteiger partial charge on any atom is -0.293 e. The molecule has 6 heteroatoms. The Morgan fingerprint density at radius 2 is 2.00 bits per heavy atom. The number of rotatable bonds is 5. The summed E-state index contributed by atoms with van der Waals surface area (Å²) in [4.78, 5) is 19.0. The molecule has 0 saturated carbocycles. The van der Waals surface area contributed by atoms with Gasteiger partial charge in [0, 0.05) is 28.5 Å². The maximum atomic E-state index is 13.0. The first-order chi connectivity index (χ1) is 12.5. The molecular weight excluding hydrogens is 392 g/mol. The molecule has 0 aliphatic heterocycles. The minimum absolute atomic E-state index is 0.0578. The molecule has 0 aliphatic carbocycles. The van der Waals surface area contributed by atoms with Crippen LogP contribution in [0.25, 0.3) is 0 Å². The van der Waals surface area contributed by atoms with Crippen molar-refractivity contribution in [3.8, 4) is 0 Å². The van der Waals surface area contributed by atoms with E-state index in [2.05, 4.69) is 26.0 Å². The van der Waals surface area contributed by atoms with E-state index >= 15 is 0 Å². The smallest absolute Gasteiger partial charge is 0.259 e. The number of halogens is 1. The van der Waals surface area contributed by atoms with Crippen molar-refractivity contribution in [2.45, 2.75) is 27.3 Å². The molecule has 0 N–H and O–H groups in total. The molecule has 2 aromatic heterocycles. The molecule has 3 rings (SSSR count). The standard InChI is InChI=1S/C20H21BrN4O/c1-4-24(19-9-8-18(21)12-22-19)20(26)17-7-5-6-16(11-17)13-25-15(3)10-14(2)23-25/h5-12H,4,13H2,1-3H3. The van der Waals surface area contributed by atoms with Crippen LogP contribution in [0.15, 0.2) is 53.1 Å². The quantitative estimate of drug-likeness (QED) is 0.624. The van der Waals surface area contributed by atoms with Crippen LogP contribution in [0.2, 0.25) is 0 Å². The van der Waals surface area contributed by atoms with E-state index in [0.29, 0.717) is 24.5 Å². The lowest BCUT2D eigenvalue weighted by Crippen LogP contribution is -2.31. The van der Waals surface area contributed by atoms with Gasteiger partial charge in [0.25, 0.3) is 5.91 Å². The third-order valence-electron chi connectivity index (χ3n) is 4.16. The average Bonchev–Trinajstić information content (AvgIpc) is 2.94. The van der Waals surface area contributed by atoms with E-state index < -0.39 is 0 Å². The fraction of sp³-hybridized carbons (Fsp3) is 0.250. The van der Waals surface area contributed by atoms with Crippen LogP contribution in [-0.4, -0.2) is 27.2 Å². The van der Waals surface area contributed by atoms with Gasteiger partial charge in [-0.2, -0.15) is 5.10 Å². The molecule has 1 amide bonds. The molecule has 0 saturated heterocycles. The second kappa shape index (κ2) is 7.83. The number of carbonyl (C=O) groups is 1. The van der Waals surface area contributed by atoms with Crippen molar-refractivity contribution in [3.63, 3.8) is 0 Å². The van der Waals surface area contributed by atoms with Gasteiger partial charge in [-0.25, -0.2) is 4.98 Å². The first-order valence-electron chi connectivity index (χ1n) is 8.51. The summed E-state index contributed by atoms with van der Waals surface area (Å²) < 4.78 is 2.84. The maximum absolute atomic E-state index is 13.0. The van der Waals surface area contributed by atoms with Crippen LogP contribution in [0.3, 0.4) is 0 Å². The number of hydrogen-bond donors (Lipinski definition) is 0. The molecule has 134 valence electrons. The van der Waals surface area contributed by atoms with Crippen molar-refractivity contribution in [2.75, 3.05) is 11.4 Å². The zero-order chi connectivity index (χ0) is 18.7. The lowest BCUT2D eigenvalue weighted by atomic mass is 10.1. The zero-order valence-corrected chi connectivity index (χ0v) is 16.7. The Kier molecular flexibility index (Phi) is 5.52. The molecule has 0 atom stereocenters. The van der Waals surface area contributed by atoms with E-state index in [1.165, 1.54) is 0 Å². The number of nitrogens with zero attached hydrogens (tertiary/aromatic N) is 4. The van der Waals surface area contributed by atoms with Crippen molar-refractivity contribution in [1.82, 2.24) is 14.8 Å². The van der Waals surface area contributed by atoms with E-state index in [0.717, 1.165) is 21.4 Å². The highest BCUT2D eigenvalue weighted by atomic mass is 79.9. The highest BCUT2D eigenvalue weighted by Crippen LogP contribution is 2.18. The minimum atomic E-state index is -0.0578. The van der Waals surface area contributed by atoms with Crippen LogP contribution in [0.5, 0.6) is 0 Å². The zero-order valence-electron chi connectivity index (χ0n) is 15.1. The van der Waals surface area contributed by atoms with Crippen molar-refractivity contribution < 1.29 is 4.79 Å². The molecule has 1 aromatic carbocycles. The Morgan fingerprint density at radius 1 is 1.19 bits per heavy atom. The van der Waals surface area contributed by atoms with Crippen molar-refractivity contribution >= 4 is 27.7 Å². The molecule has 2 heterocycles. The van der Waals surface area contributed by atoms with Crippen LogP contribution in [0.4, 0.5) is 5.82 Å². The highest BCUT2D eigenvalue weighted by Gasteiger charge is 2.17. The average molecular weight is 413 g/mol. The van der Waals surface area contributed by atoms with E-state index in [-0.39, 0.29) is 5.91 Å². The topological polar surface area (TPSA) is 51.0 Å². The molecule has 0 unspecified atom stereocenters. The highest BCUT2D eigenvalue weighted by molar-refractivity contribution is 9.10. The summed E-state index contributed by atoms with van der Waals surface area (Å²) in [7, 11) is 0. The lowest BCUT2D eigenvalue weighted by molar-refractivity contribution is 0.0987. The summed E-state index contributed by atoms with van der Waals surface area (Å²) in [6, 6.07) is 13.5. The van der Waals surface area contributed by atoms with E-state index in [1.807, 2.05) is 67.9 Å². The SMILES string of the molecule is CCN(C(=O)c1cccc(Cn2nc(C)cc2C)c1)c1ccc(Br)cn1. The number of aromatic nitrogens is 3. The predicted molar refractivity (Wildman–Crippen MR) is 107 cm³/mol. The Labute approximate surface area is 161 Å². The van der Waals surface area contributed by atoms with Gasteiger partial charge in [0.1, 0.15) is 5.82 Å². The van der Waals surface area contributed by atoms with Gasteiger partial charge in [0.2, 0.25) is 0 Å². The van der Waals surface area contributed by atoms with Gasteiger partial charge in [-0.05, 0) is 72.6 Å². The molecule has 5 nitrogen and oxygen atoms in total. The summed E-state index contributed by atoms with van der Waals surface area (Å²) in [5, 5.41) is 4.49. The van der Waals surface area contributed by atoms with Crippen molar-refractivity contribution in [3.05, 3.63) is 75.6 Å². The summed E-state index contributed by atoms with van der Waals surface area (Å²) in [5.41, 5.74) is 3.79. The second-order valence-electron chi connectivity index (χ2n) is 6.17. The molecule has 3 aromatic rings. The van der Waals surface area contributed by atoms with Crippen molar-refractivity contribution in [1.29, 1.82) is 0 Å². The molecule has 0 aliphatic rings. The van der Waals surface area contributed by atoms with E-state index in [1.54, 1.807) is 11.1 Å². The fourth-order valence-electron chi connectivity index (χ4n) is 2.90. The number of anilines is 1. The Hall–Kier alpha value is -2.47. The molecular formula is C20H21BrN4O. The Bertz CT molecular complexity index is 918. The van der Waals surface area contributed by atoms with Crippen molar-refractivity contribution in [2.24, 2.45) is 0 Å². The molecule has 0 bridgehead atoms. The second-order valence-corrected chi connectivity index (χ2v) is 7.08. The summed E-state index contributed by atoms with van der Waals surface area (Å²) >= 11 is 3.37. The van der Waals surface area contributed by atoms with Gasteiger partial charge in [-0.15, -0.1) is 0 Å². The summed E-state index contributed by atoms with van der Waals surface area (Å²) in [6.45, 7) is 7.15. The monoisotopic (exact) mass is 412 g/mol. The third kappa shape index (κ3) is 4.02.